The van der Waals surface area contributed by atoms with Crippen LogP contribution < -0.4 is 20.1 Å². The Morgan fingerprint density at radius 3 is 2.62 bits per heavy atom. The van der Waals surface area contributed by atoms with Crippen LogP contribution in [0.25, 0.3) is 5.65 Å². The molecule has 0 saturated heterocycles. The molecule has 0 unspecified atom stereocenters. The third-order valence-corrected chi connectivity index (χ3v) is 5.27. The molecular formula is C23H33N7O2. The zero-order valence-corrected chi connectivity index (χ0v) is 19.3. The van der Waals surface area contributed by atoms with Crippen molar-refractivity contribution in [1.82, 2.24) is 30.1 Å². The number of hydrogen-bond acceptors (Lipinski definition) is 6. The van der Waals surface area contributed by atoms with E-state index in [1.54, 1.807) is 14.2 Å². The molecule has 2 heterocycles. The minimum absolute atomic E-state index is 0.507. The third-order valence-electron chi connectivity index (χ3n) is 5.27. The molecule has 2 N–H and O–H groups in total. The topological polar surface area (TPSA) is 88.3 Å². The number of aromatic nitrogens is 3. The van der Waals surface area contributed by atoms with Crippen molar-refractivity contribution in [2.75, 3.05) is 40.4 Å². The van der Waals surface area contributed by atoms with Crippen molar-refractivity contribution < 1.29 is 9.47 Å². The summed E-state index contributed by atoms with van der Waals surface area (Å²) in [6, 6.07) is 11.8. The van der Waals surface area contributed by atoms with Gasteiger partial charge in [0.2, 0.25) is 0 Å². The minimum atomic E-state index is 0.507. The summed E-state index contributed by atoms with van der Waals surface area (Å²) >= 11 is 0. The standard InChI is InChI=1S/C23H33N7O2/c1-5-29(6-2)13-14-32-19-11-10-18(15-20(19)31-4)16-25-23(24-3)26-17-22-28-27-21-9-7-8-12-30(21)22/h7-12,15H,5-6,13-14,16-17H2,1-4H3,(H2,24,25,26). The van der Waals surface area contributed by atoms with E-state index in [1.807, 2.05) is 47.0 Å². The number of nitrogens with zero attached hydrogens (tertiary/aromatic N) is 5. The van der Waals surface area contributed by atoms with Gasteiger partial charge in [0.15, 0.2) is 28.9 Å². The number of hydrogen-bond donors (Lipinski definition) is 2. The van der Waals surface area contributed by atoms with Crippen molar-refractivity contribution >= 4 is 11.6 Å². The van der Waals surface area contributed by atoms with Crippen molar-refractivity contribution in [2.24, 2.45) is 4.99 Å². The molecule has 1 aromatic carbocycles. The van der Waals surface area contributed by atoms with E-state index in [2.05, 4.69) is 44.6 Å². The molecule has 0 aliphatic rings. The Labute approximate surface area is 189 Å². The van der Waals surface area contributed by atoms with Gasteiger partial charge in [0.25, 0.3) is 0 Å². The molecule has 0 spiro atoms. The highest BCUT2D eigenvalue weighted by molar-refractivity contribution is 5.79. The fraction of sp³-hybridized carbons (Fsp3) is 0.435. The van der Waals surface area contributed by atoms with Gasteiger partial charge < -0.3 is 25.0 Å². The quantitative estimate of drug-likeness (QED) is 0.350. The highest BCUT2D eigenvalue weighted by Crippen LogP contribution is 2.28. The minimum Gasteiger partial charge on any atom is -0.493 e. The highest BCUT2D eigenvalue weighted by Gasteiger charge is 2.09. The van der Waals surface area contributed by atoms with E-state index in [0.717, 1.165) is 48.2 Å². The van der Waals surface area contributed by atoms with Crippen molar-refractivity contribution in [3.8, 4) is 11.5 Å². The lowest BCUT2D eigenvalue weighted by Gasteiger charge is -2.19. The molecule has 9 nitrogen and oxygen atoms in total. The van der Waals surface area contributed by atoms with Crippen LogP contribution in [0.3, 0.4) is 0 Å². The number of rotatable bonds is 11. The van der Waals surface area contributed by atoms with E-state index in [4.69, 9.17) is 9.47 Å². The normalized spacial score (nSPS) is 11.7. The monoisotopic (exact) mass is 439 g/mol. The van der Waals surface area contributed by atoms with Crippen LogP contribution in [0.5, 0.6) is 11.5 Å². The van der Waals surface area contributed by atoms with Gasteiger partial charge in [0.1, 0.15) is 6.61 Å². The van der Waals surface area contributed by atoms with Crippen LogP contribution >= 0.6 is 0 Å². The Balaban J connectivity index is 1.53. The lowest BCUT2D eigenvalue weighted by molar-refractivity contribution is 0.217. The van der Waals surface area contributed by atoms with E-state index < -0.39 is 0 Å². The summed E-state index contributed by atoms with van der Waals surface area (Å²) in [7, 11) is 3.40. The number of likely N-dealkylation sites (N-methyl/N-ethyl adjacent to an activating group) is 1. The van der Waals surface area contributed by atoms with Gasteiger partial charge in [-0.1, -0.05) is 26.0 Å². The summed E-state index contributed by atoms with van der Waals surface area (Å²) in [6.45, 7) is 8.97. The Kier molecular flexibility index (Phi) is 8.68. The van der Waals surface area contributed by atoms with Crippen LogP contribution in [-0.4, -0.2) is 65.9 Å². The Morgan fingerprint density at radius 1 is 1.06 bits per heavy atom. The number of pyridine rings is 1. The van der Waals surface area contributed by atoms with Gasteiger partial charge in [-0.05, 0) is 42.9 Å². The van der Waals surface area contributed by atoms with E-state index in [1.165, 1.54) is 0 Å². The number of ether oxygens (including phenoxy) is 2. The van der Waals surface area contributed by atoms with Gasteiger partial charge in [-0.15, -0.1) is 10.2 Å². The van der Waals surface area contributed by atoms with Crippen molar-refractivity contribution in [3.63, 3.8) is 0 Å². The van der Waals surface area contributed by atoms with Gasteiger partial charge in [0, 0.05) is 26.3 Å². The van der Waals surface area contributed by atoms with Crippen molar-refractivity contribution in [3.05, 3.63) is 54.0 Å². The van der Waals surface area contributed by atoms with Crippen LogP contribution in [0.1, 0.15) is 25.2 Å². The highest BCUT2D eigenvalue weighted by atomic mass is 16.5. The summed E-state index contributed by atoms with van der Waals surface area (Å²) in [6.07, 6.45) is 1.94. The largest absolute Gasteiger partial charge is 0.493 e. The first kappa shape index (κ1) is 23.3. The summed E-state index contributed by atoms with van der Waals surface area (Å²) in [5.74, 6) is 2.97. The molecule has 2 aromatic heterocycles. The molecule has 0 aliphatic carbocycles. The maximum Gasteiger partial charge on any atom is 0.191 e. The summed E-state index contributed by atoms with van der Waals surface area (Å²) < 4.78 is 13.4. The Bertz CT molecular complexity index is 1010. The van der Waals surface area contributed by atoms with Gasteiger partial charge in [0.05, 0.1) is 13.7 Å². The Morgan fingerprint density at radius 2 is 1.88 bits per heavy atom. The second kappa shape index (κ2) is 11.9. The van der Waals surface area contributed by atoms with Crippen LogP contribution in [0.2, 0.25) is 0 Å². The second-order valence-corrected chi connectivity index (χ2v) is 7.18. The SMILES string of the molecule is CCN(CC)CCOc1ccc(CNC(=NC)NCc2nnc3ccccn23)cc1OC. The third kappa shape index (κ3) is 6.10. The van der Waals surface area contributed by atoms with Crippen LogP contribution in [0.15, 0.2) is 47.6 Å². The number of methoxy groups -OCH3 is 1. The fourth-order valence-electron chi connectivity index (χ4n) is 3.35. The average molecular weight is 440 g/mol. The molecule has 172 valence electrons. The summed E-state index contributed by atoms with van der Waals surface area (Å²) in [4.78, 5) is 6.62. The molecule has 3 aromatic rings. The smallest absolute Gasteiger partial charge is 0.191 e. The predicted octanol–water partition coefficient (Wildman–Crippen LogP) is 2.32. The lowest BCUT2D eigenvalue weighted by atomic mass is 10.2. The van der Waals surface area contributed by atoms with Crippen molar-refractivity contribution in [2.45, 2.75) is 26.9 Å². The van der Waals surface area contributed by atoms with Crippen LogP contribution in [-0.2, 0) is 13.1 Å². The van der Waals surface area contributed by atoms with E-state index >= 15 is 0 Å². The fourth-order valence-corrected chi connectivity index (χ4v) is 3.35. The van der Waals surface area contributed by atoms with Gasteiger partial charge in [-0.3, -0.25) is 9.39 Å². The first-order chi connectivity index (χ1) is 15.7. The second-order valence-electron chi connectivity index (χ2n) is 7.18. The molecule has 32 heavy (non-hydrogen) atoms. The van der Waals surface area contributed by atoms with Gasteiger partial charge in [-0.25, -0.2) is 0 Å². The molecule has 3 rings (SSSR count). The molecule has 0 saturated carbocycles. The van der Waals surface area contributed by atoms with Crippen LogP contribution in [0, 0.1) is 0 Å². The summed E-state index contributed by atoms with van der Waals surface area (Å²) in [5.41, 5.74) is 1.88. The number of nitrogens with one attached hydrogen (secondary N) is 2. The van der Waals surface area contributed by atoms with E-state index in [9.17, 15) is 0 Å². The van der Waals surface area contributed by atoms with Crippen molar-refractivity contribution in [1.29, 1.82) is 0 Å². The van der Waals surface area contributed by atoms with Crippen LogP contribution in [0.4, 0.5) is 0 Å². The average Bonchev–Trinajstić information content (AvgIpc) is 3.25. The molecule has 0 radical (unpaired) electrons. The molecule has 0 amide bonds. The molecular weight excluding hydrogens is 406 g/mol. The predicted molar refractivity (Wildman–Crippen MR) is 126 cm³/mol. The number of guanidine groups is 1. The first-order valence-corrected chi connectivity index (χ1v) is 10.9. The molecule has 0 bridgehead atoms. The number of aliphatic imine (C=N–C) groups is 1. The first-order valence-electron chi connectivity index (χ1n) is 10.9. The Hall–Kier alpha value is -3.33. The lowest BCUT2D eigenvalue weighted by Crippen LogP contribution is -2.36. The number of benzene rings is 1. The molecule has 9 heteroatoms. The van der Waals surface area contributed by atoms with Gasteiger partial charge >= 0.3 is 0 Å². The molecule has 0 aliphatic heterocycles. The zero-order chi connectivity index (χ0) is 22.8. The van der Waals surface area contributed by atoms with E-state index in [0.29, 0.717) is 25.7 Å². The molecule has 0 fully saturated rings. The number of fused-ring (bicyclic) bond motifs is 1. The van der Waals surface area contributed by atoms with Gasteiger partial charge in [-0.2, -0.15) is 0 Å². The van der Waals surface area contributed by atoms with E-state index in [-0.39, 0.29) is 0 Å². The maximum atomic E-state index is 5.94. The maximum absolute atomic E-state index is 5.94. The summed E-state index contributed by atoms with van der Waals surface area (Å²) in [5, 5.41) is 15.0. The zero-order valence-electron chi connectivity index (χ0n) is 19.3. The molecule has 0 atom stereocenters.